The fraction of sp³-hybridized carbons (Fsp3) is 0.231. The molecule has 1 N–H and O–H groups in total. The van der Waals surface area contributed by atoms with Gasteiger partial charge in [0.1, 0.15) is 11.3 Å². The first-order chi connectivity index (χ1) is 8.90. The number of aliphatic hydroxyl groups excluding tert-OH is 1. The normalized spacial score (nSPS) is 11.9. The Morgan fingerprint density at radius 2 is 1.79 bits per heavy atom. The van der Waals surface area contributed by atoms with E-state index in [1.54, 1.807) is 0 Å². The predicted molar refractivity (Wildman–Crippen MR) is 69.1 cm³/mol. The molecule has 0 unspecified atom stereocenters. The van der Waals surface area contributed by atoms with E-state index in [-0.39, 0.29) is 17.7 Å². The number of hydrogen-bond donors (Lipinski definition) is 1. The molecule has 102 valence electrons. The molecule has 2 nitrogen and oxygen atoms in total. The van der Waals surface area contributed by atoms with E-state index >= 15 is 0 Å². The number of aliphatic hydroxyl groups is 1. The lowest BCUT2D eigenvalue weighted by Crippen LogP contribution is -2.09. The van der Waals surface area contributed by atoms with Gasteiger partial charge < -0.3 is 9.84 Å². The van der Waals surface area contributed by atoms with E-state index in [2.05, 4.69) is 15.9 Å². The van der Waals surface area contributed by atoms with Crippen molar-refractivity contribution in [2.45, 2.75) is 12.8 Å². The number of methoxy groups -OCH3 is 1. The Kier molecular flexibility index (Phi) is 3.73. The minimum Gasteiger partial charge on any atom is -0.496 e. The van der Waals surface area contributed by atoms with Gasteiger partial charge in [-0.2, -0.15) is 13.2 Å². The SMILES string of the molecule is COc1ccc2c(CO)c(Br)ccc2c1C(F)(F)F. The van der Waals surface area contributed by atoms with E-state index in [1.165, 1.54) is 31.4 Å². The van der Waals surface area contributed by atoms with Crippen LogP contribution in [0.2, 0.25) is 0 Å². The van der Waals surface area contributed by atoms with E-state index in [0.29, 0.717) is 15.4 Å². The summed E-state index contributed by atoms with van der Waals surface area (Å²) in [7, 11) is 1.20. The first-order valence-electron chi connectivity index (χ1n) is 5.36. The molecule has 2 aromatic carbocycles. The van der Waals surface area contributed by atoms with Crippen LogP contribution in [0.1, 0.15) is 11.1 Å². The van der Waals surface area contributed by atoms with Crippen LogP contribution in [0.5, 0.6) is 5.75 Å². The molecule has 19 heavy (non-hydrogen) atoms. The van der Waals surface area contributed by atoms with Crippen molar-refractivity contribution in [3.63, 3.8) is 0 Å². The Bertz CT molecular complexity index is 623. The van der Waals surface area contributed by atoms with E-state index in [1.807, 2.05) is 0 Å². The largest absolute Gasteiger partial charge is 0.496 e. The Morgan fingerprint density at radius 1 is 1.16 bits per heavy atom. The van der Waals surface area contributed by atoms with Crippen molar-refractivity contribution in [1.29, 1.82) is 0 Å². The number of benzene rings is 2. The molecule has 0 aliphatic carbocycles. The van der Waals surface area contributed by atoms with Crippen LogP contribution >= 0.6 is 15.9 Å². The summed E-state index contributed by atoms with van der Waals surface area (Å²) < 4.78 is 44.8. The first kappa shape index (κ1) is 14.1. The third kappa shape index (κ3) is 2.42. The highest BCUT2D eigenvalue weighted by Crippen LogP contribution is 2.42. The maximum Gasteiger partial charge on any atom is 0.420 e. The van der Waals surface area contributed by atoms with Crippen LogP contribution in [-0.4, -0.2) is 12.2 Å². The zero-order valence-corrected chi connectivity index (χ0v) is 11.5. The topological polar surface area (TPSA) is 29.5 Å². The maximum absolute atomic E-state index is 13.1. The highest BCUT2D eigenvalue weighted by atomic mass is 79.9. The molecule has 6 heteroatoms. The second-order valence-electron chi connectivity index (χ2n) is 3.92. The Morgan fingerprint density at radius 3 is 2.32 bits per heavy atom. The van der Waals surface area contributed by atoms with Gasteiger partial charge in [-0.1, -0.05) is 28.1 Å². The minimum absolute atomic E-state index is 0.0131. The second kappa shape index (κ2) is 5.02. The number of ether oxygens (including phenoxy) is 1. The molecule has 0 fully saturated rings. The smallest absolute Gasteiger partial charge is 0.420 e. The predicted octanol–water partition coefficient (Wildman–Crippen LogP) is 4.12. The van der Waals surface area contributed by atoms with E-state index in [0.717, 1.165) is 0 Å². The summed E-state index contributed by atoms with van der Waals surface area (Å²) in [5, 5.41) is 9.66. The van der Waals surface area contributed by atoms with Crippen LogP contribution < -0.4 is 4.74 Å². The molecule has 0 aliphatic rings. The average Bonchev–Trinajstić information content (AvgIpc) is 2.36. The van der Waals surface area contributed by atoms with Crippen molar-refractivity contribution in [3.8, 4) is 5.75 Å². The minimum atomic E-state index is -4.52. The Labute approximate surface area is 115 Å². The zero-order chi connectivity index (χ0) is 14.2. The van der Waals surface area contributed by atoms with Gasteiger partial charge in [0.2, 0.25) is 0 Å². The van der Waals surface area contributed by atoms with Crippen LogP contribution in [0, 0.1) is 0 Å². The highest BCUT2D eigenvalue weighted by molar-refractivity contribution is 9.10. The van der Waals surface area contributed by atoms with E-state index in [9.17, 15) is 18.3 Å². The molecule has 0 spiro atoms. The average molecular weight is 335 g/mol. The monoisotopic (exact) mass is 334 g/mol. The molecule has 0 radical (unpaired) electrons. The van der Waals surface area contributed by atoms with Gasteiger partial charge in [0.25, 0.3) is 0 Å². The molecule has 0 amide bonds. The van der Waals surface area contributed by atoms with E-state index in [4.69, 9.17) is 4.74 Å². The molecular formula is C13H10BrF3O2. The summed E-state index contributed by atoms with van der Waals surface area (Å²) in [4.78, 5) is 0. The molecule has 0 heterocycles. The van der Waals surface area contributed by atoms with Crippen molar-refractivity contribution >= 4 is 26.7 Å². The lowest BCUT2D eigenvalue weighted by molar-refractivity contribution is -0.137. The van der Waals surface area contributed by atoms with Crippen LogP contribution in [0.15, 0.2) is 28.7 Å². The summed E-state index contributed by atoms with van der Waals surface area (Å²) in [6, 6.07) is 5.63. The molecule has 0 bridgehead atoms. The van der Waals surface area contributed by atoms with Gasteiger partial charge in [-0.3, -0.25) is 0 Å². The summed E-state index contributed by atoms with van der Waals surface area (Å²) in [5.41, 5.74) is -0.402. The molecule has 0 aromatic heterocycles. The van der Waals surface area contributed by atoms with Gasteiger partial charge in [0.15, 0.2) is 0 Å². The van der Waals surface area contributed by atoms with Gasteiger partial charge in [-0.15, -0.1) is 0 Å². The Balaban J connectivity index is 2.91. The number of fused-ring (bicyclic) bond motifs is 1. The van der Waals surface area contributed by atoms with Gasteiger partial charge in [0.05, 0.1) is 13.7 Å². The quantitative estimate of drug-likeness (QED) is 0.895. The van der Waals surface area contributed by atoms with E-state index < -0.39 is 11.7 Å². The number of rotatable bonds is 2. The fourth-order valence-corrected chi connectivity index (χ4v) is 2.52. The van der Waals surface area contributed by atoms with Gasteiger partial charge in [-0.05, 0) is 28.5 Å². The van der Waals surface area contributed by atoms with Gasteiger partial charge >= 0.3 is 6.18 Å². The zero-order valence-electron chi connectivity index (χ0n) is 9.88. The lowest BCUT2D eigenvalue weighted by atomic mass is 9.99. The fourth-order valence-electron chi connectivity index (χ4n) is 2.04. The molecule has 0 saturated heterocycles. The highest BCUT2D eigenvalue weighted by Gasteiger charge is 2.36. The van der Waals surface area contributed by atoms with Crippen LogP contribution in [0.3, 0.4) is 0 Å². The third-order valence-electron chi connectivity index (χ3n) is 2.88. The van der Waals surface area contributed by atoms with Crippen LogP contribution in [0.4, 0.5) is 13.2 Å². The van der Waals surface area contributed by atoms with Crippen molar-refractivity contribution < 1.29 is 23.0 Å². The third-order valence-corrected chi connectivity index (χ3v) is 3.62. The summed E-state index contributed by atoms with van der Waals surface area (Å²) >= 11 is 3.22. The molecule has 0 atom stereocenters. The number of hydrogen-bond acceptors (Lipinski definition) is 2. The molecule has 2 aromatic rings. The molecule has 0 aliphatic heterocycles. The first-order valence-corrected chi connectivity index (χ1v) is 6.15. The summed E-state index contributed by atoms with van der Waals surface area (Å²) in [6.07, 6.45) is -4.52. The van der Waals surface area contributed by atoms with Crippen molar-refractivity contribution in [2.24, 2.45) is 0 Å². The van der Waals surface area contributed by atoms with Crippen molar-refractivity contribution in [1.82, 2.24) is 0 Å². The van der Waals surface area contributed by atoms with Gasteiger partial charge in [-0.25, -0.2) is 0 Å². The molecular weight excluding hydrogens is 325 g/mol. The number of alkyl halides is 3. The Hall–Kier alpha value is -1.27. The van der Waals surface area contributed by atoms with Crippen LogP contribution in [0.25, 0.3) is 10.8 Å². The van der Waals surface area contributed by atoms with Crippen molar-refractivity contribution in [3.05, 3.63) is 39.9 Å². The summed E-state index contributed by atoms with van der Waals surface area (Å²) in [5.74, 6) is -0.230. The second-order valence-corrected chi connectivity index (χ2v) is 4.77. The standard InChI is InChI=1S/C13H10BrF3O2/c1-19-11-5-3-7-8(12(11)13(15,16)17)2-4-10(14)9(7)6-18/h2-5,18H,6H2,1H3. The summed E-state index contributed by atoms with van der Waals surface area (Å²) in [6.45, 7) is -0.346. The maximum atomic E-state index is 13.1. The lowest BCUT2D eigenvalue weighted by Gasteiger charge is -2.16. The molecule has 2 rings (SSSR count). The van der Waals surface area contributed by atoms with Crippen LogP contribution in [-0.2, 0) is 12.8 Å². The molecule has 0 saturated carbocycles. The number of halogens is 4. The van der Waals surface area contributed by atoms with Crippen molar-refractivity contribution in [2.75, 3.05) is 7.11 Å². The van der Waals surface area contributed by atoms with Gasteiger partial charge in [0, 0.05) is 4.47 Å².